The van der Waals surface area contributed by atoms with Gasteiger partial charge in [0.05, 0.1) is 34.4 Å². The molecule has 0 saturated heterocycles. The van der Waals surface area contributed by atoms with E-state index in [9.17, 15) is 19.5 Å². The molecule has 0 aromatic carbocycles. The molecule has 0 aromatic rings. The van der Waals surface area contributed by atoms with E-state index in [1.165, 1.54) is 205 Å². The summed E-state index contributed by atoms with van der Waals surface area (Å²) in [5.41, 5.74) is 0. The number of likely N-dealkylation sites (N-methyl/N-ethyl adjacent to an activating group) is 1. The van der Waals surface area contributed by atoms with Crippen molar-refractivity contribution < 1.29 is 42.9 Å². The highest BCUT2D eigenvalue weighted by molar-refractivity contribution is 5.71. The molecule has 2 unspecified atom stereocenters. The molecule has 9 nitrogen and oxygen atoms in total. The number of rotatable bonds is 68. The van der Waals surface area contributed by atoms with Crippen LogP contribution in [0, 0.1) is 0 Å². The fraction of sp³-hybridized carbons (Fsp3) is 0.738. The predicted octanol–water partition coefficient (Wildman–Crippen LogP) is 23.4. The van der Waals surface area contributed by atoms with Gasteiger partial charge in [0, 0.05) is 12.8 Å². The number of hydrogen-bond acceptors (Lipinski definition) is 7. The maximum atomic E-state index is 13.0. The van der Waals surface area contributed by atoms with Crippen LogP contribution in [-0.4, -0.2) is 87.4 Å². The van der Waals surface area contributed by atoms with Crippen LogP contribution in [0.25, 0.3) is 0 Å². The second kappa shape index (κ2) is 69.8. The molecule has 0 rings (SSSR count). The van der Waals surface area contributed by atoms with Gasteiger partial charge in [-0.1, -0.05) is 316 Å². The summed E-state index contributed by atoms with van der Waals surface area (Å²) in [6.07, 6.45) is 94.9. The first kappa shape index (κ1) is 85.0. The predicted molar refractivity (Wildman–Crippen MR) is 382 cm³/mol. The van der Waals surface area contributed by atoms with Crippen molar-refractivity contribution in [3.05, 3.63) is 109 Å². The Balaban J connectivity index is 4.08. The number of esters is 2. The fourth-order valence-electron chi connectivity index (χ4n) is 10.4. The molecule has 0 aliphatic rings. The molecular weight excluding hydrogens is 1100 g/mol. The van der Waals surface area contributed by atoms with Crippen molar-refractivity contribution in [3.63, 3.8) is 0 Å². The standard InChI is InChI=1S/C80H139NO8/c1-6-8-10-12-14-16-18-20-22-24-26-28-30-32-34-36-37-38-39-40-41-43-45-47-49-51-53-55-57-59-61-63-65-67-69-71-78(83)89-76(75-88-80(79(84)85)86-73-72-81(3,4)5)74-87-77(82)70-68-66-64-62-60-58-56-54-52-50-48-46-44-42-35-33-31-29-27-25-23-21-19-17-15-13-11-9-7-2/h8,10,14,16,19-22,25-28,31-34,37-38,76,80H,6-7,9,11-13,15,17-18,23-24,29-30,35-36,39-75H2,1-5H3/p+1/b10-8-,16-14-,21-19-,22-20-,27-25-,28-26-,33-31-,34-32-,38-37-. The Morgan fingerprint density at radius 1 is 0.348 bits per heavy atom. The van der Waals surface area contributed by atoms with E-state index >= 15 is 0 Å². The molecular formula is C80H140NO8+. The van der Waals surface area contributed by atoms with E-state index in [1.807, 2.05) is 21.1 Å². The molecule has 1 N–H and O–H groups in total. The minimum absolute atomic E-state index is 0.184. The van der Waals surface area contributed by atoms with Crippen LogP contribution >= 0.6 is 0 Å². The van der Waals surface area contributed by atoms with Gasteiger partial charge >= 0.3 is 17.9 Å². The summed E-state index contributed by atoms with van der Waals surface area (Å²) >= 11 is 0. The highest BCUT2D eigenvalue weighted by Gasteiger charge is 2.25. The first-order chi connectivity index (χ1) is 43.6. The van der Waals surface area contributed by atoms with Gasteiger partial charge in [0.15, 0.2) is 6.10 Å². The third-order valence-corrected chi connectivity index (χ3v) is 16.0. The number of nitrogens with zero attached hydrogens (tertiary/aromatic N) is 1. The van der Waals surface area contributed by atoms with E-state index < -0.39 is 24.3 Å². The molecule has 0 aliphatic heterocycles. The number of carboxylic acid groups (broad SMARTS) is 1. The van der Waals surface area contributed by atoms with Crippen molar-refractivity contribution in [2.45, 2.75) is 334 Å². The van der Waals surface area contributed by atoms with Gasteiger partial charge in [0.2, 0.25) is 0 Å². The third-order valence-electron chi connectivity index (χ3n) is 16.0. The SMILES string of the molecule is CC/C=C\C/C=C\C/C=C\C/C=C\C/C=C\C/C=C\CCCCCCCCCCCCCCCCCCC(=O)OC(COC(=O)CCCCCCCCCCCCCCCC/C=C\C/C=C\C/C=C\CCCCCCC)COC(OCC[N+](C)(C)C)C(=O)O. The number of carbonyl (C=O) groups excluding carboxylic acids is 2. The summed E-state index contributed by atoms with van der Waals surface area (Å²) in [6.45, 7) is 4.78. The molecule has 2 atom stereocenters. The molecule has 0 bridgehead atoms. The molecule has 0 aromatic heterocycles. The molecule has 0 spiro atoms. The second-order valence-electron chi connectivity index (χ2n) is 25.9. The average Bonchev–Trinajstić information content (AvgIpc) is 3.64. The number of hydrogen-bond donors (Lipinski definition) is 1. The molecule has 9 heteroatoms. The first-order valence-corrected chi connectivity index (χ1v) is 37.1. The third kappa shape index (κ3) is 71.3. The van der Waals surface area contributed by atoms with Crippen LogP contribution in [-0.2, 0) is 33.3 Å². The largest absolute Gasteiger partial charge is 0.477 e. The van der Waals surface area contributed by atoms with E-state index in [0.29, 0.717) is 17.4 Å². The van der Waals surface area contributed by atoms with Crippen molar-refractivity contribution in [1.29, 1.82) is 0 Å². The molecule has 0 aliphatic carbocycles. The summed E-state index contributed by atoms with van der Waals surface area (Å²) in [7, 11) is 5.98. The molecule has 89 heavy (non-hydrogen) atoms. The maximum Gasteiger partial charge on any atom is 0.361 e. The lowest BCUT2D eigenvalue weighted by molar-refractivity contribution is -0.870. The van der Waals surface area contributed by atoms with E-state index in [1.54, 1.807) is 0 Å². The van der Waals surface area contributed by atoms with Crippen LogP contribution in [0.15, 0.2) is 109 Å². The van der Waals surface area contributed by atoms with E-state index in [4.69, 9.17) is 18.9 Å². The van der Waals surface area contributed by atoms with E-state index in [2.05, 4.69) is 123 Å². The summed E-state index contributed by atoms with van der Waals surface area (Å²) in [6, 6.07) is 0. The van der Waals surface area contributed by atoms with Gasteiger partial charge in [-0.05, 0) is 103 Å². The van der Waals surface area contributed by atoms with Gasteiger partial charge in [-0.2, -0.15) is 0 Å². The summed E-state index contributed by atoms with van der Waals surface area (Å²) < 4.78 is 23.0. The van der Waals surface area contributed by atoms with Crippen LogP contribution in [0.3, 0.4) is 0 Å². The topological polar surface area (TPSA) is 108 Å². The fourth-order valence-corrected chi connectivity index (χ4v) is 10.4. The Morgan fingerprint density at radius 2 is 0.640 bits per heavy atom. The van der Waals surface area contributed by atoms with Crippen molar-refractivity contribution in [2.75, 3.05) is 47.5 Å². The Morgan fingerprint density at radius 3 is 0.955 bits per heavy atom. The summed E-state index contributed by atoms with van der Waals surface area (Å²) in [5, 5.41) is 9.76. The Hall–Kier alpha value is -4.05. The number of carboxylic acids is 1. The maximum absolute atomic E-state index is 13.0. The van der Waals surface area contributed by atoms with Gasteiger partial charge in [-0.3, -0.25) is 9.59 Å². The van der Waals surface area contributed by atoms with E-state index in [0.717, 1.165) is 89.9 Å². The van der Waals surface area contributed by atoms with Crippen LogP contribution < -0.4 is 0 Å². The van der Waals surface area contributed by atoms with Gasteiger partial charge < -0.3 is 28.5 Å². The van der Waals surface area contributed by atoms with Crippen molar-refractivity contribution in [2.24, 2.45) is 0 Å². The van der Waals surface area contributed by atoms with Gasteiger partial charge in [-0.25, -0.2) is 4.79 Å². The monoisotopic (exact) mass is 1240 g/mol. The zero-order valence-electron chi connectivity index (χ0n) is 58.6. The number of aliphatic carboxylic acids is 1. The lowest BCUT2D eigenvalue weighted by Gasteiger charge is -2.25. The van der Waals surface area contributed by atoms with Crippen LogP contribution in [0.5, 0.6) is 0 Å². The first-order valence-electron chi connectivity index (χ1n) is 37.1. The highest BCUT2D eigenvalue weighted by Crippen LogP contribution is 2.18. The smallest absolute Gasteiger partial charge is 0.361 e. The Labute approximate surface area is 549 Å². The molecule has 512 valence electrons. The van der Waals surface area contributed by atoms with E-state index in [-0.39, 0.29) is 32.2 Å². The van der Waals surface area contributed by atoms with Crippen LogP contribution in [0.4, 0.5) is 0 Å². The lowest BCUT2D eigenvalue weighted by Crippen LogP contribution is -2.40. The number of ether oxygens (including phenoxy) is 4. The molecule has 0 saturated carbocycles. The second-order valence-corrected chi connectivity index (χ2v) is 25.9. The van der Waals surface area contributed by atoms with Gasteiger partial charge in [0.25, 0.3) is 6.29 Å². The molecule has 0 fully saturated rings. The summed E-state index contributed by atoms with van der Waals surface area (Å²) in [5.74, 6) is -2.00. The van der Waals surface area contributed by atoms with Crippen molar-refractivity contribution in [3.8, 4) is 0 Å². The zero-order chi connectivity index (χ0) is 64.7. The Kier molecular flexibility index (Phi) is 66.7. The lowest BCUT2D eigenvalue weighted by atomic mass is 10.0. The number of quaternary nitrogens is 1. The van der Waals surface area contributed by atoms with Gasteiger partial charge in [-0.15, -0.1) is 0 Å². The normalized spacial score (nSPS) is 13.3. The Bertz CT molecular complexity index is 1830. The molecule has 0 heterocycles. The minimum atomic E-state index is -1.52. The number of carbonyl (C=O) groups is 3. The molecule has 0 amide bonds. The van der Waals surface area contributed by atoms with Crippen molar-refractivity contribution >= 4 is 17.9 Å². The highest BCUT2D eigenvalue weighted by atomic mass is 16.7. The summed E-state index contributed by atoms with van der Waals surface area (Å²) in [4.78, 5) is 37.7. The van der Waals surface area contributed by atoms with Crippen LogP contribution in [0.1, 0.15) is 322 Å². The number of unbranched alkanes of at least 4 members (excludes halogenated alkanes) is 35. The number of allylic oxidation sites excluding steroid dienone is 18. The van der Waals surface area contributed by atoms with Crippen LogP contribution in [0.2, 0.25) is 0 Å². The quantitative estimate of drug-likeness (QED) is 0.0211. The average molecular weight is 1240 g/mol. The van der Waals surface area contributed by atoms with Gasteiger partial charge in [0.1, 0.15) is 13.2 Å². The minimum Gasteiger partial charge on any atom is -0.477 e. The molecule has 0 radical (unpaired) electrons. The van der Waals surface area contributed by atoms with Crippen molar-refractivity contribution in [1.82, 2.24) is 0 Å². The zero-order valence-corrected chi connectivity index (χ0v) is 58.6.